The molecule has 1 amide bonds. The van der Waals surface area contributed by atoms with Gasteiger partial charge in [0.1, 0.15) is 0 Å². The quantitative estimate of drug-likeness (QED) is 0.812. The molecule has 1 aliphatic carbocycles. The van der Waals surface area contributed by atoms with E-state index in [0.717, 1.165) is 15.9 Å². The predicted octanol–water partition coefficient (Wildman–Crippen LogP) is 2.83. The summed E-state index contributed by atoms with van der Waals surface area (Å²) in [7, 11) is 0. The molecule has 0 radical (unpaired) electrons. The van der Waals surface area contributed by atoms with Gasteiger partial charge in [0.2, 0.25) is 0 Å². The highest BCUT2D eigenvalue weighted by atomic mass is 79.9. The van der Waals surface area contributed by atoms with Crippen molar-refractivity contribution < 1.29 is 4.79 Å². The highest BCUT2D eigenvalue weighted by Crippen LogP contribution is 2.31. The second-order valence-corrected chi connectivity index (χ2v) is 6.66. The lowest BCUT2D eigenvalue weighted by Crippen LogP contribution is -2.38. The van der Waals surface area contributed by atoms with Crippen LogP contribution >= 0.6 is 28.3 Å². The summed E-state index contributed by atoms with van der Waals surface area (Å²) in [6.07, 6.45) is 3.96. The first-order valence-electron chi connectivity index (χ1n) is 7.40. The normalized spacial score (nSPS) is 14.9. The maximum absolute atomic E-state index is 12.3. The van der Waals surface area contributed by atoms with Gasteiger partial charge in [0.15, 0.2) is 0 Å². The Morgan fingerprint density at radius 2 is 2.09 bits per heavy atom. The molecule has 1 saturated carbocycles. The number of carbonyl (C=O) groups is 1. The number of halogens is 2. The van der Waals surface area contributed by atoms with Gasteiger partial charge in [0.05, 0.1) is 23.1 Å². The smallest absolute Gasteiger partial charge is 0.254 e. The van der Waals surface area contributed by atoms with Gasteiger partial charge in [-0.25, -0.2) is 4.68 Å². The molecule has 1 unspecified atom stereocenters. The van der Waals surface area contributed by atoms with Crippen LogP contribution in [0.15, 0.2) is 34.9 Å². The van der Waals surface area contributed by atoms with Crippen LogP contribution in [-0.4, -0.2) is 28.3 Å². The van der Waals surface area contributed by atoms with E-state index in [-0.39, 0.29) is 24.4 Å². The fourth-order valence-electron chi connectivity index (χ4n) is 2.47. The van der Waals surface area contributed by atoms with Crippen LogP contribution in [0, 0.1) is 12.8 Å². The van der Waals surface area contributed by atoms with Crippen molar-refractivity contribution in [3.05, 3.63) is 46.2 Å². The topological polar surface area (TPSA) is 72.9 Å². The Hall–Kier alpha value is -1.37. The number of hydrogen-bond acceptors (Lipinski definition) is 3. The van der Waals surface area contributed by atoms with Crippen LogP contribution in [0.2, 0.25) is 0 Å². The zero-order valence-electron chi connectivity index (χ0n) is 12.8. The minimum atomic E-state index is -0.114. The summed E-state index contributed by atoms with van der Waals surface area (Å²) in [6, 6.07) is 7.87. The summed E-state index contributed by atoms with van der Waals surface area (Å²) in [6.45, 7) is 2.41. The van der Waals surface area contributed by atoms with Gasteiger partial charge in [0, 0.05) is 17.1 Å². The Bertz CT molecular complexity index is 682. The Balaban J connectivity index is 0.00000192. The molecule has 3 N–H and O–H groups in total. The molecule has 23 heavy (non-hydrogen) atoms. The van der Waals surface area contributed by atoms with Crippen molar-refractivity contribution in [2.45, 2.75) is 25.8 Å². The maximum atomic E-state index is 12.3. The summed E-state index contributed by atoms with van der Waals surface area (Å²) in [5.74, 6) is 0.462. The number of nitrogens with zero attached hydrogens (tertiary/aromatic N) is 2. The van der Waals surface area contributed by atoms with Gasteiger partial charge in [-0.15, -0.1) is 12.4 Å². The Morgan fingerprint density at radius 1 is 1.43 bits per heavy atom. The Kier molecular flexibility index (Phi) is 5.84. The van der Waals surface area contributed by atoms with E-state index in [1.54, 1.807) is 10.9 Å². The maximum Gasteiger partial charge on any atom is 0.254 e. The molecule has 1 aliphatic rings. The molecule has 0 aliphatic heterocycles. The van der Waals surface area contributed by atoms with Gasteiger partial charge in [-0.05, 0) is 49.9 Å². The summed E-state index contributed by atoms with van der Waals surface area (Å²) in [4.78, 5) is 12.3. The zero-order chi connectivity index (χ0) is 15.7. The number of amides is 1. The Morgan fingerprint density at radius 3 is 2.70 bits per heavy atom. The number of rotatable bonds is 5. The molecule has 5 nitrogen and oxygen atoms in total. The second kappa shape index (κ2) is 7.47. The van der Waals surface area contributed by atoms with Crippen LogP contribution in [0.4, 0.5) is 0 Å². The van der Waals surface area contributed by atoms with Gasteiger partial charge in [-0.1, -0.05) is 15.9 Å². The molecule has 1 heterocycles. The highest BCUT2D eigenvalue weighted by Gasteiger charge is 2.28. The van der Waals surface area contributed by atoms with Gasteiger partial charge < -0.3 is 11.1 Å². The van der Waals surface area contributed by atoms with Crippen molar-refractivity contribution in [1.82, 2.24) is 15.1 Å². The van der Waals surface area contributed by atoms with Crippen LogP contribution in [0.25, 0.3) is 5.69 Å². The fraction of sp³-hybridized carbons (Fsp3) is 0.375. The number of hydrogen-bond donors (Lipinski definition) is 2. The van der Waals surface area contributed by atoms with E-state index in [9.17, 15) is 4.79 Å². The lowest BCUT2D eigenvalue weighted by atomic mass is 10.2. The third-order valence-corrected chi connectivity index (χ3v) is 4.58. The predicted molar refractivity (Wildman–Crippen MR) is 96.3 cm³/mol. The first-order chi connectivity index (χ1) is 10.6. The number of nitrogens with two attached hydrogens (primary N) is 1. The van der Waals surface area contributed by atoms with E-state index >= 15 is 0 Å². The lowest BCUT2D eigenvalue weighted by Gasteiger charge is -2.11. The summed E-state index contributed by atoms with van der Waals surface area (Å²) in [5.41, 5.74) is 8.35. The van der Waals surface area contributed by atoms with Gasteiger partial charge in [-0.3, -0.25) is 4.79 Å². The second-order valence-electron chi connectivity index (χ2n) is 5.74. The molecule has 7 heteroatoms. The van der Waals surface area contributed by atoms with E-state index in [1.165, 1.54) is 12.8 Å². The molecule has 1 aromatic carbocycles. The van der Waals surface area contributed by atoms with Crippen LogP contribution in [0.5, 0.6) is 0 Å². The summed E-state index contributed by atoms with van der Waals surface area (Å²) >= 11 is 3.41. The van der Waals surface area contributed by atoms with Crippen LogP contribution in [0.3, 0.4) is 0 Å². The lowest BCUT2D eigenvalue weighted by molar-refractivity contribution is 0.0949. The average Bonchev–Trinajstić information content (AvgIpc) is 3.29. The molecular weight excluding hydrogens is 380 g/mol. The SMILES string of the molecule is Cc1c(C(=O)NCC(N)C2CC2)cnn1-c1ccc(Br)cc1.Cl. The van der Waals surface area contributed by atoms with E-state index in [0.29, 0.717) is 18.0 Å². The molecule has 0 saturated heterocycles. The summed E-state index contributed by atoms with van der Waals surface area (Å²) in [5, 5.41) is 7.23. The molecule has 1 fully saturated rings. The third-order valence-electron chi connectivity index (χ3n) is 4.05. The first kappa shape index (κ1) is 18.0. The number of carbonyl (C=O) groups excluding carboxylic acids is 1. The highest BCUT2D eigenvalue weighted by molar-refractivity contribution is 9.10. The van der Waals surface area contributed by atoms with E-state index < -0.39 is 0 Å². The van der Waals surface area contributed by atoms with E-state index in [2.05, 4.69) is 26.3 Å². The van der Waals surface area contributed by atoms with Crippen molar-refractivity contribution >= 4 is 34.2 Å². The van der Waals surface area contributed by atoms with Crippen molar-refractivity contribution in [2.75, 3.05) is 6.54 Å². The molecule has 1 atom stereocenters. The molecule has 0 spiro atoms. The fourth-order valence-corrected chi connectivity index (χ4v) is 2.74. The van der Waals surface area contributed by atoms with E-state index in [1.807, 2.05) is 31.2 Å². The molecule has 2 aromatic rings. The van der Waals surface area contributed by atoms with Crippen molar-refractivity contribution in [3.63, 3.8) is 0 Å². The minimum Gasteiger partial charge on any atom is -0.350 e. The van der Waals surface area contributed by atoms with E-state index in [4.69, 9.17) is 5.73 Å². The molecule has 0 bridgehead atoms. The number of aromatic nitrogens is 2. The monoisotopic (exact) mass is 398 g/mol. The minimum absolute atomic E-state index is 0. The van der Waals surface area contributed by atoms with Gasteiger partial charge in [0.25, 0.3) is 5.91 Å². The largest absolute Gasteiger partial charge is 0.350 e. The van der Waals surface area contributed by atoms with Gasteiger partial charge >= 0.3 is 0 Å². The van der Waals surface area contributed by atoms with Crippen molar-refractivity contribution in [1.29, 1.82) is 0 Å². The van der Waals surface area contributed by atoms with Crippen LogP contribution in [0.1, 0.15) is 28.9 Å². The summed E-state index contributed by atoms with van der Waals surface area (Å²) < 4.78 is 2.77. The third kappa shape index (κ3) is 4.13. The van der Waals surface area contributed by atoms with Crippen LogP contribution in [-0.2, 0) is 0 Å². The molecule has 1 aromatic heterocycles. The van der Waals surface area contributed by atoms with Crippen molar-refractivity contribution in [3.8, 4) is 5.69 Å². The van der Waals surface area contributed by atoms with Crippen molar-refractivity contribution in [2.24, 2.45) is 11.7 Å². The standard InChI is InChI=1S/C16H19BrN4O.ClH/c1-10-14(16(22)19-9-15(18)11-2-3-11)8-20-21(10)13-6-4-12(17)5-7-13;/h4-8,11,15H,2-3,9,18H2,1H3,(H,19,22);1H. The molecule has 3 rings (SSSR count). The Labute approximate surface area is 150 Å². The number of nitrogens with one attached hydrogen (secondary N) is 1. The number of benzene rings is 1. The first-order valence-corrected chi connectivity index (χ1v) is 8.20. The van der Waals surface area contributed by atoms with Crippen LogP contribution < -0.4 is 11.1 Å². The van der Waals surface area contributed by atoms with Gasteiger partial charge in [-0.2, -0.15) is 5.10 Å². The zero-order valence-corrected chi connectivity index (χ0v) is 15.2. The molecular formula is C16H20BrClN4O. The molecule has 124 valence electrons. The average molecular weight is 400 g/mol.